The molecule has 1 N–H and O–H groups in total. The smallest absolute Gasteiger partial charge is 0.325 e. The molecule has 1 unspecified atom stereocenters. The number of hydrogen-bond acceptors (Lipinski definition) is 4. The number of hydrogen-bond donors (Lipinski definition) is 1. The minimum atomic E-state index is -1.09. The highest BCUT2D eigenvalue weighted by molar-refractivity contribution is 6.07. The maximum atomic E-state index is 13.1. The number of nitrogens with one attached hydrogen (secondary N) is 1. The van der Waals surface area contributed by atoms with Crippen molar-refractivity contribution in [3.63, 3.8) is 0 Å². The van der Waals surface area contributed by atoms with Gasteiger partial charge < -0.3 is 14.8 Å². The minimum absolute atomic E-state index is 0.0174. The number of benzene rings is 2. The highest BCUT2D eigenvalue weighted by Gasteiger charge is 2.48. The summed E-state index contributed by atoms with van der Waals surface area (Å²) in [6.45, 7) is 10.9. The van der Waals surface area contributed by atoms with Crippen molar-refractivity contribution in [2.24, 2.45) is 0 Å². The first kappa shape index (κ1) is 21.7. The van der Waals surface area contributed by atoms with E-state index in [4.69, 9.17) is 9.47 Å². The van der Waals surface area contributed by atoms with Gasteiger partial charge in [0.05, 0.1) is 13.2 Å². The van der Waals surface area contributed by atoms with E-state index in [2.05, 4.69) is 26.1 Å². The Balaban J connectivity index is 1.69. The van der Waals surface area contributed by atoms with Gasteiger partial charge in [-0.15, -0.1) is 0 Å². The number of nitrogens with zero attached hydrogens (tertiary/aromatic N) is 1. The molecule has 1 aliphatic rings. The summed E-state index contributed by atoms with van der Waals surface area (Å²) in [5, 5.41) is 2.84. The molecule has 1 fully saturated rings. The number of para-hydroxylation sites is 2. The van der Waals surface area contributed by atoms with E-state index in [1.807, 2.05) is 49.4 Å². The van der Waals surface area contributed by atoms with Crippen molar-refractivity contribution in [1.29, 1.82) is 0 Å². The summed E-state index contributed by atoms with van der Waals surface area (Å²) in [5.41, 5.74) is 0.865. The summed E-state index contributed by atoms with van der Waals surface area (Å²) in [7, 11) is 0. The van der Waals surface area contributed by atoms with Gasteiger partial charge in [-0.05, 0) is 42.5 Å². The molecule has 1 aliphatic heterocycles. The van der Waals surface area contributed by atoms with Gasteiger partial charge in [-0.25, -0.2) is 4.79 Å². The van der Waals surface area contributed by atoms with Gasteiger partial charge in [0, 0.05) is 0 Å². The summed E-state index contributed by atoms with van der Waals surface area (Å²) in [6.07, 6.45) is 0. The van der Waals surface area contributed by atoms with Gasteiger partial charge in [0.25, 0.3) is 5.91 Å². The van der Waals surface area contributed by atoms with Crippen molar-refractivity contribution in [2.45, 2.75) is 45.6 Å². The van der Waals surface area contributed by atoms with E-state index in [0.717, 1.165) is 5.56 Å². The molecule has 0 radical (unpaired) electrons. The quantitative estimate of drug-likeness (QED) is 0.694. The van der Waals surface area contributed by atoms with Gasteiger partial charge in [0.15, 0.2) is 11.5 Å². The highest BCUT2D eigenvalue weighted by Crippen LogP contribution is 2.31. The second-order valence-corrected chi connectivity index (χ2v) is 8.57. The number of rotatable bonds is 7. The van der Waals surface area contributed by atoms with E-state index in [9.17, 15) is 9.59 Å². The van der Waals surface area contributed by atoms with E-state index in [1.165, 1.54) is 10.5 Å². The molecule has 0 bridgehead atoms. The second-order valence-electron chi connectivity index (χ2n) is 8.57. The summed E-state index contributed by atoms with van der Waals surface area (Å²) < 4.78 is 11.3. The molecule has 0 aromatic heterocycles. The molecule has 2 aromatic carbocycles. The van der Waals surface area contributed by atoms with E-state index in [-0.39, 0.29) is 24.5 Å². The van der Waals surface area contributed by atoms with Crippen molar-refractivity contribution in [1.82, 2.24) is 10.2 Å². The van der Waals surface area contributed by atoms with Crippen molar-refractivity contribution >= 4 is 11.9 Å². The average molecular weight is 411 g/mol. The number of carbonyl (C=O) groups is 2. The van der Waals surface area contributed by atoms with Crippen LogP contribution in [0.15, 0.2) is 48.5 Å². The van der Waals surface area contributed by atoms with Gasteiger partial charge in [0.2, 0.25) is 0 Å². The first-order chi connectivity index (χ1) is 14.2. The second kappa shape index (κ2) is 8.38. The first-order valence-electron chi connectivity index (χ1n) is 10.3. The largest absolute Gasteiger partial charge is 0.490 e. The first-order valence-corrected chi connectivity index (χ1v) is 10.3. The summed E-state index contributed by atoms with van der Waals surface area (Å²) >= 11 is 0. The Hall–Kier alpha value is -3.02. The standard InChI is InChI=1S/C24H30N2O4/c1-6-29-19-9-7-8-10-20(19)30-16-15-26-21(27)24(5,25-22(26)28)18-13-11-17(12-14-18)23(2,3)4/h7-14H,6,15-16H2,1-5H3,(H,25,28). The molecule has 1 saturated heterocycles. The maximum Gasteiger partial charge on any atom is 0.325 e. The molecule has 6 nitrogen and oxygen atoms in total. The SMILES string of the molecule is CCOc1ccccc1OCCN1C(=O)NC(C)(c2ccc(C(C)(C)C)cc2)C1=O. The minimum Gasteiger partial charge on any atom is -0.490 e. The van der Waals surface area contributed by atoms with Crippen molar-refractivity contribution in [2.75, 3.05) is 19.8 Å². The van der Waals surface area contributed by atoms with E-state index >= 15 is 0 Å². The predicted octanol–water partition coefficient (Wildman–Crippen LogP) is 4.23. The number of ether oxygens (including phenoxy) is 2. The molecule has 160 valence electrons. The molecule has 1 atom stereocenters. The summed E-state index contributed by atoms with van der Waals surface area (Å²) in [6, 6.07) is 14.8. The predicted molar refractivity (Wildman–Crippen MR) is 116 cm³/mol. The van der Waals surface area contributed by atoms with Crippen molar-refractivity contribution < 1.29 is 19.1 Å². The fourth-order valence-electron chi connectivity index (χ4n) is 3.49. The van der Waals surface area contributed by atoms with Crippen LogP contribution in [0.5, 0.6) is 11.5 Å². The number of amides is 3. The third-order valence-corrected chi connectivity index (χ3v) is 5.32. The molecule has 2 aromatic rings. The molecular formula is C24H30N2O4. The van der Waals surface area contributed by atoms with E-state index in [1.54, 1.807) is 13.0 Å². The summed E-state index contributed by atoms with van der Waals surface area (Å²) in [4.78, 5) is 26.8. The zero-order chi connectivity index (χ0) is 21.9. The Bertz CT molecular complexity index is 918. The zero-order valence-electron chi connectivity index (χ0n) is 18.3. The normalized spacial score (nSPS) is 19.0. The van der Waals surface area contributed by atoms with Gasteiger partial charge >= 0.3 is 6.03 Å². The topological polar surface area (TPSA) is 67.9 Å². The van der Waals surface area contributed by atoms with Gasteiger partial charge in [-0.3, -0.25) is 9.69 Å². The fourth-order valence-corrected chi connectivity index (χ4v) is 3.49. The van der Waals surface area contributed by atoms with Gasteiger partial charge in [0.1, 0.15) is 12.1 Å². The Morgan fingerprint density at radius 2 is 1.57 bits per heavy atom. The zero-order valence-corrected chi connectivity index (χ0v) is 18.3. The monoisotopic (exact) mass is 410 g/mol. The lowest BCUT2D eigenvalue weighted by Gasteiger charge is -2.24. The number of carbonyl (C=O) groups excluding carboxylic acids is 2. The van der Waals surface area contributed by atoms with Crippen molar-refractivity contribution in [3.05, 3.63) is 59.7 Å². The van der Waals surface area contributed by atoms with Gasteiger partial charge in [-0.2, -0.15) is 0 Å². The van der Waals surface area contributed by atoms with E-state index < -0.39 is 11.6 Å². The molecule has 3 rings (SSSR count). The van der Waals surface area contributed by atoms with Crippen LogP contribution in [0.4, 0.5) is 4.79 Å². The molecule has 1 heterocycles. The lowest BCUT2D eigenvalue weighted by molar-refractivity contribution is -0.131. The van der Waals surface area contributed by atoms with Crippen LogP contribution in [0.3, 0.4) is 0 Å². The molecule has 0 aliphatic carbocycles. The van der Waals surface area contributed by atoms with Crippen LogP contribution in [0.1, 0.15) is 45.7 Å². The average Bonchev–Trinajstić information content (AvgIpc) is 2.93. The van der Waals surface area contributed by atoms with Crippen LogP contribution in [-0.2, 0) is 15.7 Å². The van der Waals surface area contributed by atoms with Crippen LogP contribution in [0.25, 0.3) is 0 Å². The van der Waals surface area contributed by atoms with Gasteiger partial charge in [-0.1, -0.05) is 57.2 Å². The van der Waals surface area contributed by atoms with Crippen molar-refractivity contribution in [3.8, 4) is 11.5 Å². The molecule has 0 spiro atoms. The lowest BCUT2D eigenvalue weighted by atomic mass is 9.84. The third-order valence-electron chi connectivity index (χ3n) is 5.32. The maximum absolute atomic E-state index is 13.1. The molecule has 0 saturated carbocycles. The van der Waals surface area contributed by atoms with Crippen LogP contribution in [-0.4, -0.2) is 36.6 Å². The molecule has 3 amide bonds. The lowest BCUT2D eigenvalue weighted by Crippen LogP contribution is -2.41. The molecule has 6 heteroatoms. The highest BCUT2D eigenvalue weighted by atomic mass is 16.5. The summed E-state index contributed by atoms with van der Waals surface area (Å²) in [5.74, 6) is 0.950. The van der Waals surface area contributed by atoms with Crippen LogP contribution in [0.2, 0.25) is 0 Å². The third kappa shape index (κ3) is 4.27. The van der Waals surface area contributed by atoms with Crippen LogP contribution >= 0.6 is 0 Å². The Morgan fingerprint density at radius 1 is 0.967 bits per heavy atom. The Labute approximate surface area is 178 Å². The fraction of sp³-hybridized carbons (Fsp3) is 0.417. The van der Waals surface area contributed by atoms with Crippen LogP contribution < -0.4 is 14.8 Å². The number of urea groups is 1. The Kier molecular flexibility index (Phi) is 6.06. The molecule has 30 heavy (non-hydrogen) atoms. The van der Waals surface area contributed by atoms with E-state index in [0.29, 0.717) is 18.1 Å². The number of imide groups is 1. The van der Waals surface area contributed by atoms with Crippen LogP contribution in [0, 0.1) is 0 Å². The molecular weight excluding hydrogens is 380 g/mol. The Morgan fingerprint density at radius 3 is 2.13 bits per heavy atom.